The van der Waals surface area contributed by atoms with E-state index in [-0.39, 0.29) is 24.7 Å². The van der Waals surface area contributed by atoms with Crippen LogP contribution in [0.25, 0.3) is 0 Å². The zero-order chi connectivity index (χ0) is 18.5. The van der Waals surface area contributed by atoms with E-state index >= 15 is 0 Å². The molecule has 1 saturated heterocycles. The van der Waals surface area contributed by atoms with Crippen molar-refractivity contribution in [3.8, 4) is 0 Å². The summed E-state index contributed by atoms with van der Waals surface area (Å²) in [6.45, 7) is 1.57. The first-order valence-electron chi connectivity index (χ1n) is 9.51. The van der Waals surface area contributed by atoms with Crippen LogP contribution in [0.15, 0.2) is 0 Å². The fraction of sp³-hybridized carbons (Fsp3) is 0.632. The van der Waals surface area contributed by atoms with Crippen LogP contribution in [0.2, 0.25) is 0 Å². The number of aliphatic carboxylic acids is 1. The lowest BCUT2D eigenvalue weighted by Gasteiger charge is -2.27. The Hall–Kier alpha value is -1.89. The van der Waals surface area contributed by atoms with E-state index in [1.165, 1.54) is 22.6 Å². The molecule has 2 heterocycles. The third-order valence-corrected chi connectivity index (χ3v) is 6.28. The molecule has 1 aliphatic heterocycles. The highest BCUT2D eigenvalue weighted by atomic mass is 32.1. The first-order valence-corrected chi connectivity index (χ1v) is 10.3. The number of amides is 2. The minimum absolute atomic E-state index is 0.0199. The van der Waals surface area contributed by atoms with E-state index in [2.05, 4.69) is 5.32 Å². The van der Waals surface area contributed by atoms with Crippen molar-refractivity contribution in [3.63, 3.8) is 0 Å². The summed E-state index contributed by atoms with van der Waals surface area (Å²) in [4.78, 5) is 39.1. The Kier molecular flexibility index (Phi) is 6.29. The average Bonchev–Trinajstić information content (AvgIpc) is 2.99. The van der Waals surface area contributed by atoms with E-state index in [9.17, 15) is 14.4 Å². The van der Waals surface area contributed by atoms with Gasteiger partial charge in [-0.1, -0.05) is 0 Å². The maximum absolute atomic E-state index is 13.1. The van der Waals surface area contributed by atoms with Crippen LogP contribution in [0, 0.1) is 0 Å². The summed E-state index contributed by atoms with van der Waals surface area (Å²) in [6, 6.07) is 0. The summed E-state index contributed by atoms with van der Waals surface area (Å²) in [5.74, 6) is -1.06. The van der Waals surface area contributed by atoms with Gasteiger partial charge in [-0.25, -0.2) is 0 Å². The number of thiophene rings is 1. The van der Waals surface area contributed by atoms with Crippen LogP contribution >= 0.6 is 11.3 Å². The Morgan fingerprint density at radius 1 is 1.00 bits per heavy atom. The fourth-order valence-corrected chi connectivity index (χ4v) is 5.02. The molecule has 0 aromatic carbocycles. The van der Waals surface area contributed by atoms with E-state index in [0.717, 1.165) is 57.2 Å². The van der Waals surface area contributed by atoms with Gasteiger partial charge in [0.05, 0.1) is 5.56 Å². The van der Waals surface area contributed by atoms with E-state index in [0.29, 0.717) is 17.0 Å². The number of carbonyl (C=O) groups excluding carboxylic acids is 2. The third-order valence-electron chi connectivity index (χ3n) is 5.08. The molecule has 2 amide bonds. The van der Waals surface area contributed by atoms with Crippen LogP contribution in [-0.2, 0) is 22.4 Å². The first kappa shape index (κ1) is 18.9. The van der Waals surface area contributed by atoms with E-state index in [1.54, 1.807) is 0 Å². The smallest absolute Gasteiger partial charge is 0.303 e. The zero-order valence-electron chi connectivity index (χ0n) is 15.0. The summed E-state index contributed by atoms with van der Waals surface area (Å²) in [6.07, 6.45) is 7.75. The first-order chi connectivity index (χ1) is 12.6. The Labute approximate surface area is 157 Å². The molecule has 2 N–H and O–H groups in total. The number of carbonyl (C=O) groups is 3. The van der Waals surface area contributed by atoms with Crippen LogP contribution in [-0.4, -0.2) is 40.9 Å². The van der Waals surface area contributed by atoms with Gasteiger partial charge in [0.15, 0.2) is 0 Å². The van der Waals surface area contributed by atoms with Crippen LogP contribution < -0.4 is 5.32 Å². The third kappa shape index (κ3) is 4.44. The van der Waals surface area contributed by atoms with Crippen molar-refractivity contribution in [1.29, 1.82) is 0 Å². The Morgan fingerprint density at radius 2 is 1.73 bits per heavy atom. The second kappa shape index (κ2) is 8.66. The molecule has 26 heavy (non-hydrogen) atoms. The molecular formula is C19H26N2O4S. The summed E-state index contributed by atoms with van der Waals surface area (Å²) in [5, 5.41) is 12.3. The number of nitrogens with one attached hydrogen (secondary N) is 1. The lowest BCUT2D eigenvalue weighted by atomic mass is 9.94. The summed E-state index contributed by atoms with van der Waals surface area (Å²) >= 11 is 1.53. The monoisotopic (exact) mass is 378 g/mol. The predicted octanol–water partition coefficient (Wildman–Crippen LogP) is 3.45. The van der Waals surface area contributed by atoms with Gasteiger partial charge in [-0.2, -0.15) is 0 Å². The van der Waals surface area contributed by atoms with E-state index in [4.69, 9.17) is 5.11 Å². The standard InChI is InChI=1S/C19H26N2O4S/c22-15(9-6-10-16(23)24)20-18-17(13-7-2-3-8-14(13)26-18)19(25)21-11-4-1-5-12-21/h1-12H2,(H,20,22)(H,23,24). The minimum Gasteiger partial charge on any atom is -0.481 e. The Bertz CT molecular complexity index is 692. The van der Waals surface area contributed by atoms with Crippen LogP contribution in [0.3, 0.4) is 0 Å². The van der Waals surface area contributed by atoms with Crippen molar-refractivity contribution in [1.82, 2.24) is 4.90 Å². The molecule has 2 aliphatic rings. The van der Waals surface area contributed by atoms with Gasteiger partial charge in [-0.3, -0.25) is 14.4 Å². The van der Waals surface area contributed by atoms with Gasteiger partial charge in [-0.05, 0) is 56.9 Å². The molecule has 6 nitrogen and oxygen atoms in total. The van der Waals surface area contributed by atoms with Crippen molar-refractivity contribution >= 4 is 34.1 Å². The van der Waals surface area contributed by atoms with E-state index < -0.39 is 5.97 Å². The fourth-order valence-electron chi connectivity index (χ4n) is 3.72. The van der Waals surface area contributed by atoms with Gasteiger partial charge in [-0.15, -0.1) is 11.3 Å². The molecule has 142 valence electrons. The zero-order valence-corrected chi connectivity index (χ0v) is 15.8. The Balaban J connectivity index is 1.78. The number of hydrogen-bond donors (Lipinski definition) is 2. The maximum Gasteiger partial charge on any atom is 0.303 e. The average molecular weight is 378 g/mol. The van der Waals surface area contributed by atoms with Crippen molar-refractivity contribution < 1.29 is 19.5 Å². The number of rotatable bonds is 6. The highest BCUT2D eigenvalue weighted by Crippen LogP contribution is 2.39. The van der Waals surface area contributed by atoms with Crippen molar-refractivity contribution in [2.24, 2.45) is 0 Å². The number of nitrogens with zero attached hydrogens (tertiary/aromatic N) is 1. The number of aryl methyl sites for hydroxylation is 1. The number of likely N-dealkylation sites (tertiary alicyclic amines) is 1. The quantitative estimate of drug-likeness (QED) is 0.794. The molecule has 1 aromatic rings. The van der Waals surface area contributed by atoms with Gasteiger partial charge in [0.25, 0.3) is 5.91 Å². The van der Waals surface area contributed by atoms with Crippen LogP contribution in [0.5, 0.6) is 0 Å². The molecule has 0 unspecified atom stereocenters. The second-order valence-electron chi connectivity index (χ2n) is 7.06. The SMILES string of the molecule is O=C(O)CCCC(=O)Nc1sc2c(c1C(=O)N1CCCCC1)CCCC2. The van der Waals surface area contributed by atoms with Gasteiger partial charge in [0, 0.05) is 30.8 Å². The highest BCUT2D eigenvalue weighted by Gasteiger charge is 2.29. The normalized spacial score (nSPS) is 16.8. The number of fused-ring (bicyclic) bond motifs is 1. The van der Waals surface area contributed by atoms with Crippen molar-refractivity contribution in [2.45, 2.75) is 64.2 Å². The maximum atomic E-state index is 13.1. The Morgan fingerprint density at radius 3 is 2.46 bits per heavy atom. The van der Waals surface area contributed by atoms with Gasteiger partial charge in [0.1, 0.15) is 5.00 Å². The molecule has 0 bridgehead atoms. The summed E-state index contributed by atoms with van der Waals surface area (Å²) in [5.41, 5.74) is 1.82. The lowest BCUT2D eigenvalue weighted by Crippen LogP contribution is -2.36. The minimum atomic E-state index is -0.898. The van der Waals surface area contributed by atoms with E-state index in [1.807, 2.05) is 4.90 Å². The second-order valence-corrected chi connectivity index (χ2v) is 8.17. The number of anilines is 1. The number of hydrogen-bond acceptors (Lipinski definition) is 4. The van der Waals surface area contributed by atoms with Crippen molar-refractivity contribution in [2.75, 3.05) is 18.4 Å². The van der Waals surface area contributed by atoms with Crippen LogP contribution in [0.1, 0.15) is 72.2 Å². The molecule has 0 radical (unpaired) electrons. The molecular weight excluding hydrogens is 352 g/mol. The molecule has 0 atom stereocenters. The molecule has 0 saturated carbocycles. The van der Waals surface area contributed by atoms with Gasteiger partial charge < -0.3 is 15.3 Å². The predicted molar refractivity (Wildman–Crippen MR) is 101 cm³/mol. The molecule has 7 heteroatoms. The van der Waals surface area contributed by atoms with Gasteiger partial charge >= 0.3 is 5.97 Å². The number of piperidine rings is 1. The van der Waals surface area contributed by atoms with Crippen molar-refractivity contribution in [3.05, 3.63) is 16.0 Å². The summed E-state index contributed by atoms with van der Waals surface area (Å²) in [7, 11) is 0. The molecule has 0 spiro atoms. The van der Waals surface area contributed by atoms with Gasteiger partial charge in [0.2, 0.25) is 5.91 Å². The largest absolute Gasteiger partial charge is 0.481 e. The number of carboxylic acid groups (broad SMARTS) is 1. The van der Waals surface area contributed by atoms with Crippen LogP contribution in [0.4, 0.5) is 5.00 Å². The number of carboxylic acids is 1. The summed E-state index contributed by atoms with van der Waals surface area (Å²) < 4.78 is 0. The molecule has 1 fully saturated rings. The topological polar surface area (TPSA) is 86.7 Å². The molecule has 1 aliphatic carbocycles. The lowest BCUT2D eigenvalue weighted by molar-refractivity contribution is -0.137. The molecule has 1 aromatic heterocycles. The molecule has 3 rings (SSSR count). The highest BCUT2D eigenvalue weighted by molar-refractivity contribution is 7.17.